The molecule has 1 aromatic carbocycles. The SMILES string of the molecule is O=C(NCCc1ccncc1)c1c(O)cccc1F. The Balaban J connectivity index is 1.95. The summed E-state index contributed by atoms with van der Waals surface area (Å²) < 4.78 is 13.4. The van der Waals surface area contributed by atoms with Crippen LogP contribution in [0, 0.1) is 5.82 Å². The highest BCUT2D eigenvalue weighted by molar-refractivity contribution is 5.97. The van der Waals surface area contributed by atoms with Gasteiger partial charge in [0.2, 0.25) is 0 Å². The van der Waals surface area contributed by atoms with Gasteiger partial charge >= 0.3 is 0 Å². The number of halogens is 1. The van der Waals surface area contributed by atoms with Gasteiger partial charge in [-0.05, 0) is 36.2 Å². The molecule has 2 N–H and O–H groups in total. The van der Waals surface area contributed by atoms with Crippen molar-refractivity contribution in [2.45, 2.75) is 6.42 Å². The van der Waals surface area contributed by atoms with Crippen LogP contribution in [0.15, 0.2) is 42.7 Å². The Morgan fingerprint density at radius 2 is 2.00 bits per heavy atom. The highest BCUT2D eigenvalue weighted by Gasteiger charge is 2.15. The zero-order valence-electron chi connectivity index (χ0n) is 10.1. The Hall–Kier alpha value is -2.43. The van der Waals surface area contributed by atoms with E-state index in [2.05, 4.69) is 10.3 Å². The minimum Gasteiger partial charge on any atom is -0.507 e. The summed E-state index contributed by atoms with van der Waals surface area (Å²) in [6.07, 6.45) is 3.95. The van der Waals surface area contributed by atoms with Crippen LogP contribution in [0.3, 0.4) is 0 Å². The summed E-state index contributed by atoms with van der Waals surface area (Å²) in [7, 11) is 0. The van der Waals surface area contributed by atoms with E-state index >= 15 is 0 Å². The average Bonchev–Trinajstić information content (AvgIpc) is 2.40. The number of hydrogen-bond donors (Lipinski definition) is 2. The summed E-state index contributed by atoms with van der Waals surface area (Å²) >= 11 is 0. The van der Waals surface area contributed by atoms with E-state index in [4.69, 9.17) is 0 Å². The lowest BCUT2D eigenvalue weighted by molar-refractivity contribution is 0.0947. The van der Waals surface area contributed by atoms with Crippen LogP contribution in [0.4, 0.5) is 4.39 Å². The van der Waals surface area contributed by atoms with Crippen LogP contribution in [0.25, 0.3) is 0 Å². The van der Waals surface area contributed by atoms with Crippen LogP contribution in [0.2, 0.25) is 0 Å². The minimum atomic E-state index is -0.735. The van der Waals surface area contributed by atoms with E-state index < -0.39 is 11.7 Å². The Morgan fingerprint density at radius 1 is 1.26 bits per heavy atom. The summed E-state index contributed by atoms with van der Waals surface area (Å²) in [5, 5.41) is 12.0. The van der Waals surface area contributed by atoms with E-state index in [-0.39, 0.29) is 11.3 Å². The molecule has 0 aliphatic heterocycles. The van der Waals surface area contributed by atoms with E-state index in [1.165, 1.54) is 12.1 Å². The number of carbonyl (C=O) groups excluding carboxylic acids is 1. The molecule has 1 heterocycles. The van der Waals surface area contributed by atoms with E-state index in [1.807, 2.05) is 12.1 Å². The zero-order chi connectivity index (χ0) is 13.7. The minimum absolute atomic E-state index is 0.322. The molecule has 0 saturated carbocycles. The summed E-state index contributed by atoms with van der Waals surface area (Å²) in [5.41, 5.74) is 0.699. The quantitative estimate of drug-likeness (QED) is 0.882. The van der Waals surface area contributed by atoms with E-state index in [9.17, 15) is 14.3 Å². The summed E-state index contributed by atoms with van der Waals surface area (Å²) in [6, 6.07) is 7.44. The number of aromatic hydroxyl groups is 1. The molecule has 0 atom stereocenters. The first kappa shape index (κ1) is 13.0. The number of nitrogens with one attached hydrogen (secondary N) is 1. The first-order chi connectivity index (χ1) is 9.18. The molecule has 0 radical (unpaired) electrons. The molecular formula is C14H13FN2O2. The highest BCUT2D eigenvalue weighted by atomic mass is 19.1. The predicted molar refractivity (Wildman–Crippen MR) is 68.3 cm³/mol. The second-order valence-corrected chi connectivity index (χ2v) is 4.00. The van der Waals surface area contributed by atoms with Crippen molar-refractivity contribution in [1.29, 1.82) is 0 Å². The number of nitrogens with zero attached hydrogens (tertiary/aromatic N) is 1. The Morgan fingerprint density at radius 3 is 2.68 bits per heavy atom. The van der Waals surface area contributed by atoms with E-state index in [1.54, 1.807) is 12.4 Å². The monoisotopic (exact) mass is 260 g/mol. The van der Waals surface area contributed by atoms with Gasteiger partial charge in [0.15, 0.2) is 0 Å². The molecule has 0 fully saturated rings. The summed E-state index contributed by atoms with van der Waals surface area (Å²) in [5.74, 6) is -1.72. The van der Waals surface area contributed by atoms with Gasteiger partial charge in [0.25, 0.3) is 5.91 Å². The third kappa shape index (κ3) is 3.28. The summed E-state index contributed by atoms with van der Waals surface area (Å²) in [4.78, 5) is 15.6. The Labute approximate surface area is 109 Å². The number of rotatable bonds is 4. The molecule has 1 aromatic heterocycles. The molecule has 4 nitrogen and oxygen atoms in total. The third-order valence-electron chi connectivity index (χ3n) is 2.67. The Bertz CT molecular complexity index is 553. The molecule has 0 unspecified atom stereocenters. The maximum absolute atomic E-state index is 13.4. The zero-order valence-corrected chi connectivity index (χ0v) is 10.1. The first-order valence-electron chi connectivity index (χ1n) is 5.83. The van der Waals surface area contributed by atoms with E-state index in [0.717, 1.165) is 11.6 Å². The maximum Gasteiger partial charge on any atom is 0.258 e. The largest absolute Gasteiger partial charge is 0.507 e. The fourth-order valence-electron chi connectivity index (χ4n) is 1.70. The topological polar surface area (TPSA) is 62.2 Å². The maximum atomic E-state index is 13.4. The molecule has 98 valence electrons. The van der Waals surface area contributed by atoms with Gasteiger partial charge in [-0.15, -0.1) is 0 Å². The lowest BCUT2D eigenvalue weighted by Gasteiger charge is -2.07. The molecule has 5 heteroatoms. The molecule has 0 bridgehead atoms. The number of benzene rings is 1. The molecule has 2 aromatic rings. The average molecular weight is 260 g/mol. The highest BCUT2D eigenvalue weighted by Crippen LogP contribution is 2.19. The molecule has 0 saturated heterocycles. The number of hydrogen-bond acceptors (Lipinski definition) is 3. The molecular weight excluding hydrogens is 247 g/mol. The van der Waals surface area contributed by atoms with Crippen molar-refractivity contribution in [2.24, 2.45) is 0 Å². The number of carbonyl (C=O) groups is 1. The normalized spacial score (nSPS) is 10.2. The summed E-state index contributed by atoms with van der Waals surface area (Å²) in [6.45, 7) is 0.358. The van der Waals surface area contributed by atoms with Crippen LogP contribution in [0.1, 0.15) is 15.9 Å². The second-order valence-electron chi connectivity index (χ2n) is 4.00. The predicted octanol–water partition coefficient (Wildman–Crippen LogP) is 1.90. The third-order valence-corrected chi connectivity index (χ3v) is 2.67. The van der Waals surface area contributed by atoms with E-state index in [0.29, 0.717) is 13.0 Å². The second kappa shape index (κ2) is 5.95. The fourth-order valence-corrected chi connectivity index (χ4v) is 1.70. The lowest BCUT2D eigenvalue weighted by Crippen LogP contribution is -2.26. The molecule has 0 aliphatic carbocycles. The van der Waals surface area contributed by atoms with Crippen LogP contribution in [0.5, 0.6) is 5.75 Å². The van der Waals surface area contributed by atoms with Gasteiger partial charge in [0.1, 0.15) is 17.1 Å². The van der Waals surface area contributed by atoms with Gasteiger partial charge in [-0.3, -0.25) is 9.78 Å². The van der Waals surface area contributed by atoms with Crippen LogP contribution >= 0.6 is 0 Å². The number of phenols is 1. The van der Waals surface area contributed by atoms with Crippen molar-refractivity contribution in [3.63, 3.8) is 0 Å². The van der Waals surface area contributed by atoms with Crippen molar-refractivity contribution in [2.75, 3.05) is 6.54 Å². The first-order valence-corrected chi connectivity index (χ1v) is 5.83. The van der Waals surface area contributed by atoms with Gasteiger partial charge in [0.05, 0.1) is 0 Å². The van der Waals surface area contributed by atoms with Crippen molar-refractivity contribution >= 4 is 5.91 Å². The van der Waals surface area contributed by atoms with Crippen molar-refractivity contribution < 1.29 is 14.3 Å². The Kier molecular flexibility index (Phi) is 4.07. The smallest absolute Gasteiger partial charge is 0.258 e. The van der Waals surface area contributed by atoms with Gasteiger partial charge in [-0.25, -0.2) is 4.39 Å². The molecule has 0 spiro atoms. The standard InChI is InChI=1S/C14H13FN2O2/c15-11-2-1-3-12(18)13(11)14(19)17-9-6-10-4-7-16-8-5-10/h1-5,7-8,18H,6,9H2,(H,17,19). The van der Waals surface area contributed by atoms with Crippen LogP contribution < -0.4 is 5.32 Å². The molecule has 1 amide bonds. The van der Waals surface area contributed by atoms with Gasteiger partial charge in [-0.2, -0.15) is 0 Å². The fraction of sp³-hybridized carbons (Fsp3) is 0.143. The van der Waals surface area contributed by atoms with Gasteiger partial charge < -0.3 is 10.4 Å². The van der Waals surface area contributed by atoms with Crippen molar-refractivity contribution in [3.05, 3.63) is 59.7 Å². The molecule has 2 rings (SSSR count). The number of aromatic nitrogens is 1. The van der Waals surface area contributed by atoms with Crippen molar-refractivity contribution in [3.8, 4) is 5.75 Å². The van der Waals surface area contributed by atoms with Crippen LogP contribution in [-0.2, 0) is 6.42 Å². The molecule has 0 aliphatic rings. The number of pyridine rings is 1. The lowest BCUT2D eigenvalue weighted by atomic mass is 10.1. The molecule has 19 heavy (non-hydrogen) atoms. The van der Waals surface area contributed by atoms with Gasteiger partial charge in [0, 0.05) is 18.9 Å². The van der Waals surface area contributed by atoms with Gasteiger partial charge in [-0.1, -0.05) is 6.07 Å². The van der Waals surface area contributed by atoms with Crippen molar-refractivity contribution in [1.82, 2.24) is 10.3 Å². The number of amides is 1. The van der Waals surface area contributed by atoms with Crippen LogP contribution in [-0.4, -0.2) is 22.5 Å². The number of phenolic OH excluding ortho intramolecular Hbond substituents is 1.